The van der Waals surface area contributed by atoms with Crippen molar-refractivity contribution >= 4 is 10.0 Å². The predicted molar refractivity (Wildman–Crippen MR) is 93.4 cm³/mol. The molecule has 3 nitrogen and oxygen atoms in total. The lowest BCUT2D eigenvalue weighted by Crippen LogP contribution is -2.33. The fourth-order valence-electron chi connectivity index (χ4n) is 2.57. The molecule has 24 heavy (non-hydrogen) atoms. The number of rotatable bonds is 12. The summed E-state index contributed by atoms with van der Waals surface area (Å²) in [6.07, 6.45) is 7.78. The first kappa shape index (κ1) is 21.0. The zero-order chi connectivity index (χ0) is 18.0. The molecule has 1 aromatic carbocycles. The highest BCUT2D eigenvalue weighted by Gasteiger charge is 2.24. The highest BCUT2D eigenvalue weighted by atomic mass is 32.2. The number of benzene rings is 1. The second kappa shape index (κ2) is 10.8. The van der Waals surface area contributed by atoms with Crippen LogP contribution in [0.4, 0.5) is 8.78 Å². The summed E-state index contributed by atoms with van der Waals surface area (Å²) in [5, 5.41) is 0. The highest BCUT2D eigenvalue weighted by Crippen LogP contribution is 2.20. The van der Waals surface area contributed by atoms with E-state index in [1.165, 1.54) is 4.31 Å². The largest absolute Gasteiger partial charge is 0.243 e. The minimum atomic E-state index is -3.79. The van der Waals surface area contributed by atoms with E-state index in [-0.39, 0.29) is 4.90 Å². The van der Waals surface area contributed by atoms with Crippen molar-refractivity contribution in [1.82, 2.24) is 4.31 Å². The lowest BCUT2D eigenvalue weighted by atomic mass is 10.2. The SMILES string of the molecule is CCCCCCN(CCCCCC)S(=O)(=O)c1ccc(F)c(F)c1. The van der Waals surface area contributed by atoms with E-state index in [2.05, 4.69) is 13.8 Å². The molecule has 1 rings (SSSR count). The van der Waals surface area contributed by atoms with Gasteiger partial charge in [0.2, 0.25) is 10.0 Å². The van der Waals surface area contributed by atoms with Crippen molar-refractivity contribution in [2.45, 2.75) is 70.1 Å². The number of unbranched alkanes of at least 4 members (excludes halogenated alkanes) is 6. The molecular formula is C18H29F2NO2S. The Morgan fingerprint density at radius 2 is 1.38 bits per heavy atom. The molecular weight excluding hydrogens is 332 g/mol. The van der Waals surface area contributed by atoms with E-state index in [0.717, 1.165) is 69.6 Å². The highest BCUT2D eigenvalue weighted by molar-refractivity contribution is 7.89. The first-order chi connectivity index (χ1) is 11.4. The van der Waals surface area contributed by atoms with E-state index in [9.17, 15) is 17.2 Å². The van der Waals surface area contributed by atoms with Gasteiger partial charge in [0.15, 0.2) is 11.6 Å². The summed E-state index contributed by atoms with van der Waals surface area (Å²) in [5.74, 6) is -2.17. The van der Waals surface area contributed by atoms with Crippen molar-refractivity contribution in [2.75, 3.05) is 13.1 Å². The smallest absolute Gasteiger partial charge is 0.207 e. The summed E-state index contributed by atoms with van der Waals surface area (Å²) in [4.78, 5) is -0.174. The van der Waals surface area contributed by atoms with Gasteiger partial charge in [-0.05, 0) is 31.0 Å². The molecule has 0 bridgehead atoms. The van der Waals surface area contributed by atoms with Crippen LogP contribution in [-0.2, 0) is 10.0 Å². The molecule has 0 radical (unpaired) electrons. The first-order valence-electron chi connectivity index (χ1n) is 8.88. The second-order valence-corrected chi connectivity index (χ2v) is 8.04. The topological polar surface area (TPSA) is 37.4 Å². The number of hydrogen-bond donors (Lipinski definition) is 0. The standard InChI is InChI=1S/C18H29F2NO2S/c1-3-5-7-9-13-21(14-10-8-6-4-2)24(22,23)16-11-12-17(19)18(20)15-16/h11-12,15H,3-10,13-14H2,1-2H3. The molecule has 0 heterocycles. The lowest BCUT2D eigenvalue weighted by Gasteiger charge is -2.22. The maximum atomic E-state index is 13.4. The summed E-state index contributed by atoms with van der Waals surface area (Å²) in [5.41, 5.74) is 0. The third-order valence-electron chi connectivity index (χ3n) is 4.05. The van der Waals surface area contributed by atoms with Gasteiger partial charge in [-0.2, -0.15) is 4.31 Å². The second-order valence-electron chi connectivity index (χ2n) is 6.10. The van der Waals surface area contributed by atoms with Crippen LogP contribution in [0.1, 0.15) is 65.2 Å². The van der Waals surface area contributed by atoms with E-state index in [0.29, 0.717) is 13.1 Å². The fourth-order valence-corrected chi connectivity index (χ4v) is 4.10. The van der Waals surface area contributed by atoms with E-state index in [4.69, 9.17) is 0 Å². The van der Waals surface area contributed by atoms with Crippen LogP contribution in [0.2, 0.25) is 0 Å². The van der Waals surface area contributed by atoms with Gasteiger partial charge in [-0.25, -0.2) is 17.2 Å². The summed E-state index contributed by atoms with van der Waals surface area (Å²) in [6.45, 7) is 5.04. The molecule has 0 fully saturated rings. The zero-order valence-corrected chi connectivity index (χ0v) is 15.5. The summed E-state index contributed by atoms with van der Waals surface area (Å²) in [6, 6.07) is 2.78. The van der Waals surface area contributed by atoms with E-state index < -0.39 is 21.7 Å². The van der Waals surface area contributed by atoms with Gasteiger partial charge in [0.1, 0.15) is 0 Å². The van der Waals surface area contributed by atoms with Crippen LogP contribution in [0.3, 0.4) is 0 Å². The minimum Gasteiger partial charge on any atom is -0.207 e. The van der Waals surface area contributed by atoms with E-state index in [1.807, 2.05) is 0 Å². The van der Waals surface area contributed by atoms with Crippen molar-refractivity contribution in [3.63, 3.8) is 0 Å². The predicted octanol–water partition coefficient (Wildman–Crippen LogP) is 5.12. The number of sulfonamides is 1. The average molecular weight is 361 g/mol. The molecule has 0 aromatic heterocycles. The zero-order valence-electron chi connectivity index (χ0n) is 14.7. The normalized spacial score (nSPS) is 12.0. The quantitative estimate of drug-likeness (QED) is 0.485. The molecule has 0 unspecified atom stereocenters. The maximum absolute atomic E-state index is 13.4. The lowest BCUT2D eigenvalue weighted by molar-refractivity contribution is 0.385. The molecule has 0 spiro atoms. The molecule has 0 aliphatic rings. The van der Waals surface area contributed by atoms with E-state index in [1.54, 1.807) is 0 Å². The summed E-state index contributed by atoms with van der Waals surface area (Å²) < 4.78 is 53.4. The van der Waals surface area contributed by atoms with Crippen LogP contribution in [0.25, 0.3) is 0 Å². The summed E-state index contributed by atoms with van der Waals surface area (Å²) >= 11 is 0. The molecule has 0 atom stereocenters. The molecule has 1 aromatic rings. The van der Waals surface area contributed by atoms with Crippen LogP contribution in [-0.4, -0.2) is 25.8 Å². The van der Waals surface area contributed by atoms with Crippen molar-refractivity contribution < 1.29 is 17.2 Å². The van der Waals surface area contributed by atoms with Crippen LogP contribution >= 0.6 is 0 Å². The Morgan fingerprint density at radius 3 is 1.83 bits per heavy atom. The van der Waals surface area contributed by atoms with Crippen LogP contribution in [0, 0.1) is 11.6 Å². The number of nitrogens with zero attached hydrogens (tertiary/aromatic N) is 1. The third-order valence-corrected chi connectivity index (χ3v) is 5.95. The van der Waals surface area contributed by atoms with Crippen molar-refractivity contribution in [3.8, 4) is 0 Å². The molecule has 0 aliphatic heterocycles. The third kappa shape index (κ3) is 6.48. The monoisotopic (exact) mass is 361 g/mol. The fraction of sp³-hybridized carbons (Fsp3) is 0.667. The van der Waals surface area contributed by atoms with Gasteiger partial charge in [-0.15, -0.1) is 0 Å². The maximum Gasteiger partial charge on any atom is 0.243 e. The van der Waals surface area contributed by atoms with Gasteiger partial charge in [0.05, 0.1) is 4.90 Å². The Labute approximate surface area is 145 Å². The van der Waals surface area contributed by atoms with Crippen LogP contribution < -0.4 is 0 Å². The Kier molecular flexibility index (Phi) is 9.44. The van der Waals surface area contributed by atoms with Gasteiger partial charge >= 0.3 is 0 Å². The van der Waals surface area contributed by atoms with Crippen molar-refractivity contribution in [2.24, 2.45) is 0 Å². The number of halogens is 2. The Hall–Kier alpha value is -1.01. The van der Waals surface area contributed by atoms with Crippen molar-refractivity contribution in [3.05, 3.63) is 29.8 Å². The molecule has 0 N–H and O–H groups in total. The van der Waals surface area contributed by atoms with Crippen molar-refractivity contribution in [1.29, 1.82) is 0 Å². The van der Waals surface area contributed by atoms with Gasteiger partial charge in [-0.3, -0.25) is 0 Å². The van der Waals surface area contributed by atoms with Gasteiger partial charge in [0, 0.05) is 13.1 Å². The molecule has 6 heteroatoms. The minimum absolute atomic E-state index is 0.174. The molecule has 0 aliphatic carbocycles. The Bertz CT molecular complexity index is 579. The average Bonchev–Trinajstić information content (AvgIpc) is 2.55. The Morgan fingerprint density at radius 1 is 0.833 bits per heavy atom. The molecule has 0 saturated heterocycles. The molecule has 0 saturated carbocycles. The first-order valence-corrected chi connectivity index (χ1v) is 10.3. The van der Waals surface area contributed by atoms with Crippen LogP contribution in [0.15, 0.2) is 23.1 Å². The van der Waals surface area contributed by atoms with Crippen LogP contribution in [0.5, 0.6) is 0 Å². The molecule has 138 valence electrons. The van der Waals surface area contributed by atoms with Gasteiger partial charge in [0.25, 0.3) is 0 Å². The summed E-state index contributed by atoms with van der Waals surface area (Å²) in [7, 11) is -3.79. The molecule has 0 amide bonds. The van der Waals surface area contributed by atoms with Gasteiger partial charge in [-0.1, -0.05) is 52.4 Å². The van der Waals surface area contributed by atoms with Gasteiger partial charge < -0.3 is 0 Å². The Balaban J connectivity index is 2.85. The number of hydrogen-bond acceptors (Lipinski definition) is 2. The van der Waals surface area contributed by atoms with E-state index >= 15 is 0 Å².